The summed E-state index contributed by atoms with van der Waals surface area (Å²) >= 11 is 0. The van der Waals surface area contributed by atoms with Gasteiger partial charge in [-0.15, -0.1) is 0 Å². The fraction of sp³-hybridized carbons (Fsp3) is 0.353. The van der Waals surface area contributed by atoms with Gasteiger partial charge in [-0.1, -0.05) is 20.3 Å². The summed E-state index contributed by atoms with van der Waals surface area (Å²) in [5, 5.41) is 0. The van der Waals surface area contributed by atoms with Crippen molar-refractivity contribution in [1.82, 2.24) is 9.97 Å². The summed E-state index contributed by atoms with van der Waals surface area (Å²) in [6, 6.07) is 7.63. The third-order valence-corrected chi connectivity index (χ3v) is 3.83. The van der Waals surface area contributed by atoms with Crippen molar-refractivity contribution < 1.29 is 9.47 Å². The van der Waals surface area contributed by atoms with Crippen LogP contribution in [-0.4, -0.2) is 28.5 Å². The first-order valence-electron chi connectivity index (χ1n) is 7.51. The fourth-order valence-corrected chi connectivity index (χ4v) is 2.25. The van der Waals surface area contributed by atoms with Gasteiger partial charge in [0.2, 0.25) is 11.8 Å². The fourth-order valence-electron chi connectivity index (χ4n) is 2.25. The quantitative estimate of drug-likeness (QED) is 0.848. The number of rotatable bonds is 5. The minimum atomic E-state index is 0.200. The number of ether oxygens (including phenoxy) is 2. The van der Waals surface area contributed by atoms with Crippen LogP contribution in [-0.2, 0) is 4.74 Å². The van der Waals surface area contributed by atoms with Crippen molar-refractivity contribution in [3.63, 3.8) is 0 Å². The van der Waals surface area contributed by atoms with Crippen LogP contribution in [0.5, 0.6) is 11.6 Å². The molecule has 0 spiro atoms. The first kappa shape index (κ1) is 14.5. The molecule has 5 heteroatoms. The number of aromatic nitrogens is 2. The molecule has 114 valence electrons. The van der Waals surface area contributed by atoms with Gasteiger partial charge in [0.1, 0.15) is 12.4 Å². The van der Waals surface area contributed by atoms with Crippen molar-refractivity contribution in [2.45, 2.75) is 26.3 Å². The van der Waals surface area contributed by atoms with E-state index in [9.17, 15) is 0 Å². The van der Waals surface area contributed by atoms with E-state index in [0.717, 1.165) is 12.0 Å². The molecular formula is C17H19N3O2. The molecule has 0 amide bonds. The molecule has 0 bridgehead atoms. The summed E-state index contributed by atoms with van der Waals surface area (Å²) in [5.74, 6) is 2.23. The van der Waals surface area contributed by atoms with Crippen LogP contribution in [0.15, 0.2) is 47.8 Å². The summed E-state index contributed by atoms with van der Waals surface area (Å²) in [6.45, 7) is 4.97. The highest BCUT2D eigenvalue weighted by Gasteiger charge is 2.26. The molecule has 0 aliphatic carbocycles. The Balaban J connectivity index is 1.86. The molecule has 2 atom stereocenters. The summed E-state index contributed by atoms with van der Waals surface area (Å²) in [5.41, 5.74) is 0.775. The Labute approximate surface area is 130 Å². The lowest BCUT2D eigenvalue weighted by Crippen LogP contribution is -2.16. The van der Waals surface area contributed by atoms with Crippen molar-refractivity contribution in [2.75, 3.05) is 6.61 Å². The largest absolute Gasteiger partial charge is 0.475 e. The van der Waals surface area contributed by atoms with Crippen LogP contribution in [0.2, 0.25) is 0 Å². The monoisotopic (exact) mass is 297 g/mol. The van der Waals surface area contributed by atoms with Crippen LogP contribution in [0.4, 0.5) is 0 Å². The summed E-state index contributed by atoms with van der Waals surface area (Å²) < 4.78 is 11.6. The van der Waals surface area contributed by atoms with Gasteiger partial charge in [0.15, 0.2) is 0 Å². The van der Waals surface area contributed by atoms with Crippen LogP contribution in [0.3, 0.4) is 0 Å². The van der Waals surface area contributed by atoms with Crippen LogP contribution < -0.4 is 4.74 Å². The summed E-state index contributed by atoms with van der Waals surface area (Å²) in [4.78, 5) is 13.0. The Hall–Kier alpha value is -2.43. The molecule has 3 heterocycles. The van der Waals surface area contributed by atoms with Crippen LogP contribution >= 0.6 is 0 Å². The molecule has 0 saturated heterocycles. The number of hydrogen-bond acceptors (Lipinski definition) is 5. The molecule has 2 aromatic rings. The lowest BCUT2D eigenvalue weighted by atomic mass is 10.0. The normalized spacial score (nSPS) is 18.5. The maximum atomic E-state index is 5.81. The molecule has 1 aliphatic rings. The highest BCUT2D eigenvalue weighted by Crippen LogP contribution is 2.26. The van der Waals surface area contributed by atoms with E-state index in [1.165, 1.54) is 0 Å². The molecule has 2 unspecified atom stereocenters. The van der Waals surface area contributed by atoms with Crippen LogP contribution in [0.25, 0.3) is 0 Å². The van der Waals surface area contributed by atoms with Crippen LogP contribution in [0, 0.1) is 5.92 Å². The zero-order chi connectivity index (χ0) is 15.4. The molecule has 22 heavy (non-hydrogen) atoms. The van der Waals surface area contributed by atoms with E-state index in [2.05, 4.69) is 23.8 Å². The van der Waals surface area contributed by atoms with Crippen molar-refractivity contribution in [3.05, 3.63) is 48.4 Å². The van der Waals surface area contributed by atoms with E-state index in [4.69, 9.17) is 14.5 Å². The van der Waals surface area contributed by atoms with Crippen molar-refractivity contribution in [1.29, 1.82) is 0 Å². The van der Waals surface area contributed by atoms with Gasteiger partial charge in [0, 0.05) is 12.4 Å². The molecule has 0 radical (unpaired) electrons. The lowest BCUT2D eigenvalue weighted by molar-refractivity contribution is 0.281. The maximum absolute atomic E-state index is 5.81. The van der Waals surface area contributed by atoms with E-state index in [-0.39, 0.29) is 6.04 Å². The van der Waals surface area contributed by atoms with E-state index >= 15 is 0 Å². The molecular weight excluding hydrogens is 278 g/mol. The van der Waals surface area contributed by atoms with E-state index in [1.54, 1.807) is 18.6 Å². The molecule has 1 aliphatic heterocycles. The van der Waals surface area contributed by atoms with Gasteiger partial charge in [-0.2, -0.15) is 0 Å². The standard InChI is InChI=1S/C17H19N3O2/c1-3-12(2)15-11-21-17(20-15)14-7-5-9-19-16(14)22-13-6-4-8-18-10-13/h4-10,12,15H,3,11H2,1-2H3. The third kappa shape index (κ3) is 3.08. The smallest absolute Gasteiger partial charge is 0.232 e. The average Bonchev–Trinajstić information content (AvgIpc) is 3.05. The highest BCUT2D eigenvalue weighted by atomic mass is 16.5. The zero-order valence-electron chi connectivity index (χ0n) is 12.8. The van der Waals surface area contributed by atoms with Gasteiger partial charge in [0.05, 0.1) is 17.8 Å². The topological polar surface area (TPSA) is 56.6 Å². The van der Waals surface area contributed by atoms with Gasteiger partial charge in [-0.3, -0.25) is 4.98 Å². The zero-order valence-corrected chi connectivity index (χ0v) is 12.8. The molecule has 2 aromatic heterocycles. The second kappa shape index (κ2) is 6.56. The Morgan fingerprint density at radius 3 is 2.95 bits per heavy atom. The van der Waals surface area contributed by atoms with Crippen molar-refractivity contribution in [3.8, 4) is 11.6 Å². The minimum Gasteiger partial charge on any atom is -0.475 e. The molecule has 0 fully saturated rings. The second-order valence-electron chi connectivity index (χ2n) is 5.35. The van der Waals surface area contributed by atoms with Crippen molar-refractivity contribution >= 4 is 5.90 Å². The predicted molar refractivity (Wildman–Crippen MR) is 84.3 cm³/mol. The van der Waals surface area contributed by atoms with Gasteiger partial charge < -0.3 is 9.47 Å². The van der Waals surface area contributed by atoms with Gasteiger partial charge in [0.25, 0.3) is 0 Å². The highest BCUT2D eigenvalue weighted by molar-refractivity contribution is 5.97. The number of hydrogen-bond donors (Lipinski definition) is 0. The SMILES string of the molecule is CCC(C)C1COC(c2cccnc2Oc2cccnc2)=N1. The predicted octanol–water partition coefficient (Wildman–Crippen LogP) is 3.46. The maximum Gasteiger partial charge on any atom is 0.232 e. The first-order chi connectivity index (χ1) is 10.8. The second-order valence-corrected chi connectivity index (χ2v) is 5.35. The van der Waals surface area contributed by atoms with Gasteiger partial charge in [-0.25, -0.2) is 9.98 Å². The van der Waals surface area contributed by atoms with Crippen LogP contribution in [0.1, 0.15) is 25.8 Å². The van der Waals surface area contributed by atoms with Crippen molar-refractivity contribution in [2.24, 2.45) is 10.9 Å². The Morgan fingerprint density at radius 1 is 1.32 bits per heavy atom. The van der Waals surface area contributed by atoms with Gasteiger partial charge >= 0.3 is 0 Å². The molecule has 5 nitrogen and oxygen atoms in total. The Kier molecular flexibility index (Phi) is 4.32. The van der Waals surface area contributed by atoms with E-state index < -0.39 is 0 Å². The number of nitrogens with zero attached hydrogens (tertiary/aromatic N) is 3. The van der Waals surface area contributed by atoms with E-state index in [1.807, 2.05) is 24.3 Å². The number of pyridine rings is 2. The molecule has 0 saturated carbocycles. The summed E-state index contributed by atoms with van der Waals surface area (Å²) in [6.07, 6.45) is 6.12. The van der Waals surface area contributed by atoms with Gasteiger partial charge in [-0.05, 0) is 30.2 Å². The Bertz CT molecular complexity index is 658. The third-order valence-electron chi connectivity index (χ3n) is 3.83. The molecule has 0 aromatic carbocycles. The molecule has 3 rings (SSSR count). The molecule has 0 N–H and O–H groups in total. The average molecular weight is 297 g/mol. The van der Waals surface area contributed by atoms with E-state index in [0.29, 0.717) is 30.1 Å². The minimum absolute atomic E-state index is 0.200. The summed E-state index contributed by atoms with van der Waals surface area (Å²) in [7, 11) is 0. The Morgan fingerprint density at radius 2 is 2.18 bits per heavy atom. The number of aliphatic imine (C=N–C) groups is 1. The lowest BCUT2D eigenvalue weighted by Gasteiger charge is -2.11. The first-order valence-corrected chi connectivity index (χ1v) is 7.51.